The highest BCUT2D eigenvalue weighted by Gasteiger charge is 2.27. The maximum Gasteiger partial charge on any atom is 0.398 e. The van der Waals surface area contributed by atoms with Crippen molar-refractivity contribution in [3.8, 4) is 0 Å². The molecule has 1 heterocycles. The van der Waals surface area contributed by atoms with Crippen LogP contribution in [0.1, 0.15) is 5.69 Å². The normalized spacial score (nSPS) is 11.6. The molecule has 20 heavy (non-hydrogen) atoms. The number of aryl methyl sites for hydroxylation is 1. The predicted molar refractivity (Wildman–Crippen MR) is 73.8 cm³/mol. The molecule has 0 bridgehead atoms. The number of thioether (sulfide) groups is 1. The Morgan fingerprint density at radius 2 is 2.00 bits per heavy atom. The maximum absolute atomic E-state index is 12.3. The largest absolute Gasteiger partial charge is 0.398 e. The minimum absolute atomic E-state index is 0.514. The summed E-state index contributed by atoms with van der Waals surface area (Å²) in [6.45, 7) is 0.514. The SMILES string of the molecule is Cn1nccc1CNc1ccccc1SCC(F)(F)F. The Bertz CT molecular complexity index is 566. The number of aromatic nitrogens is 2. The fourth-order valence-corrected chi connectivity index (χ4v) is 2.45. The van der Waals surface area contributed by atoms with Crippen molar-refractivity contribution in [2.24, 2.45) is 7.05 Å². The van der Waals surface area contributed by atoms with E-state index in [1.54, 1.807) is 35.1 Å². The molecule has 7 heteroatoms. The van der Waals surface area contributed by atoms with E-state index in [2.05, 4.69) is 10.4 Å². The van der Waals surface area contributed by atoms with E-state index in [1.165, 1.54) is 0 Å². The van der Waals surface area contributed by atoms with Crippen LogP contribution in [0.5, 0.6) is 0 Å². The number of anilines is 1. The van der Waals surface area contributed by atoms with Gasteiger partial charge in [0.25, 0.3) is 0 Å². The van der Waals surface area contributed by atoms with Gasteiger partial charge < -0.3 is 5.32 Å². The van der Waals surface area contributed by atoms with Gasteiger partial charge in [-0.1, -0.05) is 12.1 Å². The fourth-order valence-electron chi connectivity index (χ4n) is 1.66. The van der Waals surface area contributed by atoms with Crippen molar-refractivity contribution in [2.45, 2.75) is 17.6 Å². The Kier molecular flexibility index (Phi) is 4.59. The van der Waals surface area contributed by atoms with Gasteiger partial charge in [0.15, 0.2) is 0 Å². The van der Waals surface area contributed by atoms with Crippen molar-refractivity contribution in [1.29, 1.82) is 0 Å². The first kappa shape index (κ1) is 14.8. The van der Waals surface area contributed by atoms with Gasteiger partial charge >= 0.3 is 6.18 Å². The molecule has 0 unspecified atom stereocenters. The summed E-state index contributed by atoms with van der Waals surface area (Å²) >= 11 is 0.785. The zero-order valence-electron chi connectivity index (χ0n) is 10.8. The fraction of sp³-hybridized carbons (Fsp3) is 0.308. The van der Waals surface area contributed by atoms with E-state index in [0.717, 1.165) is 17.5 Å². The van der Waals surface area contributed by atoms with Crippen LogP contribution in [0.3, 0.4) is 0 Å². The van der Waals surface area contributed by atoms with E-state index in [1.807, 2.05) is 13.1 Å². The predicted octanol–water partition coefficient (Wildman–Crippen LogP) is 3.69. The zero-order chi connectivity index (χ0) is 14.6. The summed E-state index contributed by atoms with van der Waals surface area (Å²) in [6, 6.07) is 8.84. The molecule has 0 aliphatic carbocycles. The number of benzene rings is 1. The number of halogens is 3. The summed E-state index contributed by atoms with van der Waals surface area (Å²) in [4.78, 5) is 0.590. The van der Waals surface area contributed by atoms with E-state index in [9.17, 15) is 13.2 Å². The van der Waals surface area contributed by atoms with Crippen molar-refractivity contribution in [1.82, 2.24) is 9.78 Å². The molecule has 0 aliphatic heterocycles. The number of alkyl halides is 3. The van der Waals surface area contributed by atoms with Gasteiger partial charge in [-0.2, -0.15) is 18.3 Å². The van der Waals surface area contributed by atoms with Gasteiger partial charge in [0.05, 0.1) is 18.0 Å². The molecule has 1 aromatic carbocycles. The van der Waals surface area contributed by atoms with Crippen LogP contribution in [0.15, 0.2) is 41.4 Å². The monoisotopic (exact) mass is 301 g/mol. The lowest BCUT2D eigenvalue weighted by atomic mass is 10.3. The van der Waals surface area contributed by atoms with Gasteiger partial charge in [-0.05, 0) is 18.2 Å². The Hall–Kier alpha value is -1.63. The van der Waals surface area contributed by atoms with Crippen molar-refractivity contribution in [3.63, 3.8) is 0 Å². The minimum Gasteiger partial charge on any atom is -0.378 e. The third kappa shape index (κ3) is 4.19. The van der Waals surface area contributed by atoms with Crippen molar-refractivity contribution < 1.29 is 13.2 Å². The first-order valence-corrected chi connectivity index (χ1v) is 6.93. The highest BCUT2D eigenvalue weighted by molar-refractivity contribution is 7.99. The second-order valence-electron chi connectivity index (χ2n) is 4.20. The van der Waals surface area contributed by atoms with Crippen molar-refractivity contribution in [2.75, 3.05) is 11.1 Å². The number of rotatable bonds is 5. The molecule has 1 N–H and O–H groups in total. The van der Waals surface area contributed by atoms with Crippen LogP contribution in [0, 0.1) is 0 Å². The third-order valence-electron chi connectivity index (χ3n) is 2.66. The Labute approximate surface area is 119 Å². The molecule has 2 rings (SSSR count). The zero-order valence-corrected chi connectivity index (χ0v) is 11.6. The van der Waals surface area contributed by atoms with E-state index in [0.29, 0.717) is 17.1 Å². The van der Waals surface area contributed by atoms with Crippen LogP contribution < -0.4 is 5.32 Å². The molecule has 0 saturated carbocycles. The molecule has 108 valence electrons. The second kappa shape index (κ2) is 6.21. The lowest BCUT2D eigenvalue weighted by molar-refractivity contribution is -0.105. The summed E-state index contributed by atoms with van der Waals surface area (Å²) in [5, 5.41) is 7.19. The molecule has 1 aromatic heterocycles. The molecule has 0 amide bonds. The first-order chi connectivity index (χ1) is 9.46. The third-order valence-corrected chi connectivity index (χ3v) is 3.80. The van der Waals surface area contributed by atoms with Crippen LogP contribution in [0.25, 0.3) is 0 Å². The number of nitrogens with one attached hydrogen (secondary N) is 1. The first-order valence-electron chi connectivity index (χ1n) is 5.95. The number of nitrogens with zero attached hydrogens (tertiary/aromatic N) is 2. The van der Waals surface area contributed by atoms with Crippen LogP contribution in [-0.2, 0) is 13.6 Å². The highest BCUT2D eigenvalue weighted by Crippen LogP contribution is 2.32. The number of hydrogen-bond donors (Lipinski definition) is 1. The Morgan fingerprint density at radius 1 is 1.25 bits per heavy atom. The number of hydrogen-bond acceptors (Lipinski definition) is 3. The summed E-state index contributed by atoms with van der Waals surface area (Å²) < 4.78 is 38.6. The van der Waals surface area contributed by atoms with Crippen LogP contribution in [-0.4, -0.2) is 21.7 Å². The van der Waals surface area contributed by atoms with E-state index < -0.39 is 11.9 Å². The molecule has 0 radical (unpaired) electrons. The molecule has 0 saturated heterocycles. The minimum atomic E-state index is -4.17. The van der Waals surface area contributed by atoms with Gasteiger partial charge in [0, 0.05) is 23.8 Å². The summed E-state index contributed by atoms with van der Waals surface area (Å²) in [5.41, 5.74) is 1.66. The highest BCUT2D eigenvalue weighted by atomic mass is 32.2. The lowest BCUT2D eigenvalue weighted by Gasteiger charge is -2.12. The average molecular weight is 301 g/mol. The second-order valence-corrected chi connectivity index (χ2v) is 5.22. The summed E-state index contributed by atoms with van der Waals surface area (Å²) in [5.74, 6) is -0.891. The lowest BCUT2D eigenvalue weighted by Crippen LogP contribution is -2.11. The van der Waals surface area contributed by atoms with Gasteiger partial charge in [-0.25, -0.2) is 0 Å². The molecular weight excluding hydrogens is 287 g/mol. The smallest absolute Gasteiger partial charge is 0.378 e. The van der Waals surface area contributed by atoms with Crippen LogP contribution in [0.2, 0.25) is 0 Å². The van der Waals surface area contributed by atoms with Gasteiger partial charge in [-0.15, -0.1) is 11.8 Å². The van der Waals surface area contributed by atoms with Crippen molar-refractivity contribution >= 4 is 17.4 Å². The van der Waals surface area contributed by atoms with Crippen LogP contribution in [0.4, 0.5) is 18.9 Å². The molecule has 0 fully saturated rings. The van der Waals surface area contributed by atoms with Crippen LogP contribution >= 0.6 is 11.8 Å². The molecule has 0 spiro atoms. The quantitative estimate of drug-likeness (QED) is 0.854. The topological polar surface area (TPSA) is 29.9 Å². The average Bonchev–Trinajstić information content (AvgIpc) is 2.79. The molecule has 0 atom stereocenters. The standard InChI is InChI=1S/C13H14F3N3S/c1-19-10(6-7-18-19)8-17-11-4-2-3-5-12(11)20-9-13(14,15)16/h2-7,17H,8-9H2,1H3. The van der Waals surface area contributed by atoms with Crippen molar-refractivity contribution in [3.05, 3.63) is 42.2 Å². The molecule has 0 aliphatic rings. The number of para-hydroxylation sites is 1. The Balaban J connectivity index is 2.02. The Morgan fingerprint density at radius 3 is 2.65 bits per heavy atom. The molecule has 2 aromatic rings. The van der Waals surface area contributed by atoms with E-state index in [-0.39, 0.29) is 0 Å². The van der Waals surface area contributed by atoms with E-state index in [4.69, 9.17) is 0 Å². The van der Waals surface area contributed by atoms with Gasteiger partial charge in [0.2, 0.25) is 0 Å². The summed E-state index contributed by atoms with van der Waals surface area (Å²) in [7, 11) is 1.82. The van der Waals surface area contributed by atoms with Gasteiger partial charge in [-0.3, -0.25) is 4.68 Å². The maximum atomic E-state index is 12.3. The molecule has 3 nitrogen and oxygen atoms in total. The molecular formula is C13H14F3N3S. The van der Waals surface area contributed by atoms with Gasteiger partial charge in [0.1, 0.15) is 0 Å². The van der Waals surface area contributed by atoms with E-state index >= 15 is 0 Å². The summed E-state index contributed by atoms with van der Waals surface area (Å²) in [6.07, 6.45) is -2.48.